The Bertz CT molecular complexity index is 1440. The van der Waals surface area contributed by atoms with Gasteiger partial charge in [0.05, 0.1) is 11.8 Å². The highest BCUT2D eigenvalue weighted by molar-refractivity contribution is 6.15. The summed E-state index contributed by atoms with van der Waals surface area (Å²) in [6.45, 7) is 3.49. The molecule has 5 rings (SSSR count). The molecule has 0 spiro atoms. The van der Waals surface area contributed by atoms with E-state index in [0.29, 0.717) is 30.8 Å². The van der Waals surface area contributed by atoms with E-state index in [2.05, 4.69) is 10.3 Å². The Kier molecular flexibility index (Phi) is 7.15. The number of allylic oxidation sites excluding steroid dienone is 1. The van der Waals surface area contributed by atoms with Crippen LogP contribution in [0.25, 0.3) is 6.08 Å². The molecule has 204 valence electrons. The molecule has 0 radical (unpaired) electrons. The number of nitrogens with one attached hydrogen (secondary N) is 1. The number of carbonyl (C=O) groups is 2. The summed E-state index contributed by atoms with van der Waals surface area (Å²) >= 11 is 0. The monoisotopic (exact) mass is 540 g/mol. The maximum atomic E-state index is 14.2. The molecule has 3 aliphatic rings. The number of likely N-dealkylation sites (N-methyl/N-ethyl adjacent to an activating group) is 1. The van der Waals surface area contributed by atoms with Crippen molar-refractivity contribution in [1.29, 1.82) is 0 Å². The van der Waals surface area contributed by atoms with Gasteiger partial charge in [-0.05, 0) is 67.9 Å². The van der Waals surface area contributed by atoms with Gasteiger partial charge < -0.3 is 15.1 Å². The molecule has 2 atom stereocenters. The molecule has 6 nitrogen and oxygen atoms in total. The van der Waals surface area contributed by atoms with Crippen molar-refractivity contribution in [3.05, 3.63) is 87.1 Å². The van der Waals surface area contributed by atoms with Crippen molar-refractivity contribution in [2.75, 3.05) is 27.2 Å². The largest absolute Gasteiger partial charge is 0.333 e. The van der Waals surface area contributed by atoms with Gasteiger partial charge in [-0.3, -0.25) is 14.6 Å². The average molecular weight is 541 g/mol. The third-order valence-corrected chi connectivity index (χ3v) is 7.28. The van der Waals surface area contributed by atoms with E-state index in [1.54, 1.807) is 13.0 Å². The number of carbonyl (C=O) groups excluding carboxylic acids is 2. The molecule has 2 aromatic rings. The molecule has 2 aliphatic heterocycles. The molecule has 39 heavy (non-hydrogen) atoms. The third kappa shape index (κ3) is 5.13. The lowest BCUT2D eigenvalue weighted by atomic mass is 9.89. The standard InChI is InChI=1S/C29H28F4N4O2/c1-15(8-21-26(32)22(30)13-23(31)27(21)33)35-24-4-5-34-28(38)25(24)18-9-16-11-19-14-37(7-6-36(2)3)29(39)20(19)12-17(16)10-18/h4-5,9,11-13,15,25H,6-8,10,14H2,1-3H3,(H,34,38)/t15-,25?/m0/s1. The Morgan fingerprint density at radius 1 is 1.08 bits per heavy atom. The van der Waals surface area contributed by atoms with Gasteiger partial charge >= 0.3 is 0 Å². The van der Waals surface area contributed by atoms with E-state index in [9.17, 15) is 27.2 Å². The first-order valence-corrected chi connectivity index (χ1v) is 12.7. The molecule has 0 saturated heterocycles. The Balaban J connectivity index is 1.38. The normalized spacial score (nSPS) is 20.0. The van der Waals surface area contributed by atoms with E-state index in [1.807, 2.05) is 42.1 Å². The van der Waals surface area contributed by atoms with Crippen molar-refractivity contribution in [1.82, 2.24) is 15.1 Å². The molecule has 0 fully saturated rings. The van der Waals surface area contributed by atoms with Crippen molar-refractivity contribution in [3.8, 4) is 0 Å². The fraction of sp³-hybridized carbons (Fsp3) is 0.345. The maximum absolute atomic E-state index is 14.2. The Hall–Kier alpha value is -3.79. The van der Waals surface area contributed by atoms with Gasteiger partial charge in [0.25, 0.3) is 5.91 Å². The Labute approximate surface area is 223 Å². The summed E-state index contributed by atoms with van der Waals surface area (Å²) < 4.78 is 55.7. The van der Waals surface area contributed by atoms with Crippen molar-refractivity contribution in [2.45, 2.75) is 32.4 Å². The van der Waals surface area contributed by atoms with E-state index in [1.165, 1.54) is 6.20 Å². The SMILES string of the molecule is C[C@@H](Cc1c(F)c(F)cc(F)c1F)N=C1C=CNC(=O)C1C1=Cc2cc3c(cc2C1)C(=O)N(CCN(C)C)C3. The fourth-order valence-corrected chi connectivity index (χ4v) is 5.33. The Morgan fingerprint density at radius 3 is 2.49 bits per heavy atom. The molecule has 10 heteroatoms. The zero-order valence-electron chi connectivity index (χ0n) is 21.8. The summed E-state index contributed by atoms with van der Waals surface area (Å²) in [6, 6.07) is 3.28. The fourth-order valence-electron chi connectivity index (χ4n) is 5.33. The van der Waals surface area contributed by atoms with Crippen LogP contribution in [0.1, 0.15) is 39.5 Å². The summed E-state index contributed by atoms with van der Waals surface area (Å²) in [5, 5.41) is 2.68. The van der Waals surface area contributed by atoms with Crippen molar-refractivity contribution in [3.63, 3.8) is 0 Å². The smallest absolute Gasteiger partial charge is 0.254 e. The maximum Gasteiger partial charge on any atom is 0.254 e. The first-order chi connectivity index (χ1) is 18.5. The van der Waals surface area contributed by atoms with E-state index >= 15 is 0 Å². The zero-order valence-corrected chi connectivity index (χ0v) is 21.8. The number of halogens is 4. The van der Waals surface area contributed by atoms with Gasteiger partial charge in [-0.1, -0.05) is 6.08 Å². The van der Waals surface area contributed by atoms with Gasteiger partial charge in [-0.15, -0.1) is 0 Å². The van der Waals surface area contributed by atoms with E-state index in [-0.39, 0.29) is 17.9 Å². The third-order valence-electron chi connectivity index (χ3n) is 7.28. The van der Waals surface area contributed by atoms with Gasteiger partial charge in [0.1, 0.15) is 5.92 Å². The number of aliphatic imine (C=N–C) groups is 1. The second kappa shape index (κ2) is 10.4. The lowest BCUT2D eigenvalue weighted by molar-refractivity contribution is -0.121. The van der Waals surface area contributed by atoms with Crippen LogP contribution in [-0.2, 0) is 24.2 Å². The molecular weight excluding hydrogens is 512 g/mol. The predicted octanol–water partition coefficient (Wildman–Crippen LogP) is 4.03. The van der Waals surface area contributed by atoms with Crippen LogP contribution in [0.15, 0.2) is 41.0 Å². The predicted molar refractivity (Wildman–Crippen MR) is 139 cm³/mol. The second-order valence-electron chi connectivity index (χ2n) is 10.5. The first-order valence-electron chi connectivity index (χ1n) is 12.7. The van der Waals surface area contributed by atoms with Crippen LogP contribution in [0, 0.1) is 29.2 Å². The number of amides is 2. The molecule has 2 aromatic carbocycles. The minimum Gasteiger partial charge on any atom is -0.333 e. The van der Waals surface area contributed by atoms with Gasteiger partial charge in [0.15, 0.2) is 23.3 Å². The minimum atomic E-state index is -1.47. The first kappa shape index (κ1) is 26.8. The highest BCUT2D eigenvalue weighted by atomic mass is 19.2. The number of fused-ring (bicyclic) bond motifs is 2. The van der Waals surface area contributed by atoms with Crippen molar-refractivity contribution < 1.29 is 27.2 Å². The van der Waals surface area contributed by atoms with Gasteiger partial charge in [-0.2, -0.15) is 0 Å². The zero-order chi connectivity index (χ0) is 28.0. The molecule has 1 aliphatic carbocycles. The summed E-state index contributed by atoms with van der Waals surface area (Å²) in [5.74, 6) is -6.93. The molecule has 0 bridgehead atoms. The number of rotatable bonds is 7. The molecule has 0 saturated carbocycles. The molecule has 2 amide bonds. The highest BCUT2D eigenvalue weighted by Crippen LogP contribution is 2.36. The lowest BCUT2D eigenvalue weighted by Crippen LogP contribution is -2.37. The van der Waals surface area contributed by atoms with Gasteiger partial charge in [0.2, 0.25) is 5.91 Å². The molecule has 1 unspecified atom stereocenters. The average Bonchev–Trinajstić information content (AvgIpc) is 3.42. The molecule has 0 aromatic heterocycles. The van der Waals surface area contributed by atoms with Crippen LogP contribution < -0.4 is 5.32 Å². The van der Waals surface area contributed by atoms with E-state index in [4.69, 9.17) is 0 Å². The molecule has 1 N–H and O–H groups in total. The molecular formula is C29H28F4N4O2. The van der Waals surface area contributed by atoms with E-state index < -0.39 is 47.2 Å². The summed E-state index contributed by atoms with van der Waals surface area (Å²) in [5.41, 5.74) is 3.90. The highest BCUT2D eigenvalue weighted by Gasteiger charge is 2.35. The van der Waals surface area contributed by atoms with Gasteiger partial charge in [-0.25, -0.2) is 17.6 Å². The summed E-state index contributed by atoms with van der Waals surface area (Å²) in [7, 11) is 3.92. The van der Waals surface area contributed by atoms with Crippen LogP contribution in [-0.4, -0.2) is 60.6 Å². The quantitative estimate of drug-likeness (QED) is 0.426. The van der Waals surface area contributed by atoms with Crippen LogP contribution >= 0.6 is 0 Å². The van der Waals surface area contributed by atoms with Crippen molar-refractivity contribution >= 4 is 23.6 Å². The summed E-state index contributed by atoms with van der Waals surface area (Å²) in [6.07, 6.45) is 5.01. The van der Waals surface area contributed by atoms with Gasteiger partial charge in [0, 0.05) is 49.4 Å². The minimum absolute atomic E-state index is 0.00855. The number of benzene rings is 2. The van der Waals surface area contributed by atoms with Crippen molar-refractivity contribution in [2.24, 2.45) is 10.9 Å². The Morgan fingerprint density at radius 2 is 1.79 bits per heavy atom. The topological polar surface area (TPSA) is 65.0 Å². The lowest BCUT2D eigenvalue weighted by Gasteiger charge is -2.22. The van der Waals surface area contributed by atoms with Crippen LogP contribution in [0.5, 0.6) is 0 Å². The van der Waals surface area contributed by atoms with E-state index in [0.717, 1.165) is 28.8 Å². The van der Waals surface area contributed by atoms with Crippen LogP contribution in [0.3, 0.4) is 0 Å². The number of nitrogens with zero attached hydrogens (tertiary/aromatic N) is 3. The molecule has 2 heterocycles. The number of hydrogen-bond acceptors (Lipinski definition) is 4. The number of hydrogen-bond donors (Lipinski definition) is 1. The van der Waals surface area contributed by atoms with Crippen LogP contribution in [0.2, 0.25) is 0 Å². The second-order valence-corrected chi connectivity index (χ2v) is 10.5. The summed E-state index contributed by atoms with van der Waals surface area (Å²) in [4.78, 5) is 34.3. The van der Waals surface area contributed by atoms with Crippen LogP contribution in [0.4, 0.5) is 17.6 Å².